The molecule has 0 N–H and O–H groups in total. The van der Waals surface area contributed by atoms with Crippen molar-refractivity contribution in [1.29, 1.82) is 0 Å². The molecule has 0 fully saturated rings. The monoisotopic (exact) mass is 408 g/mol. The molecule has 8 nitrogen and oxygen atoms in total. The van der Waals surface area contributed by atoms with Gasteiger partial charge in [-0.05, 0) is 56.9 Å². The lowest BCUT2D eigenvalue weighted by atomic mass is 9.94. The summed E-state index contributed by atoms with van der Waals surface area (Å²) in [5, 5.41) is 4.36. The molecule has 30 heavy (non-hydrogen) atoms. The highest BCUT2D eigenvalue weighted by Crippen LogP contribution is 2.34. The van der Waals surface area contributed by atoms with Crippen LogP contribution in [0.3, 0.4) is 0 Å². The van der Waals surface area contributed by atoms with Crippen molar-refractivity contribution >= 4 is 17.7 Å². The number of aryl methyl sites for hydroxylation is 1. The van der Waals surface area contributed by atoms with Crippen molar-refractivity contribution in [1.82, 2.24) is 24.5 Å². The summed E-state index contributed by atoms with van der Waals surface area (Å²) in [5.41, 5.74) is 4.83. The van der Waals surface area contributed by atoms with E-state index in [1.165, 1.54) is 11.9 Å². The Labute approximate surface area is 176 Å². The van der Waals surface area contributed by atoms with Crippen LogP contribution in [0.4, 0.5) is 10.6 Å². The lowest BCUT2D eigenvalue weighted by Crippen LogP contribution is -2.39. The van der Waals surface area contributed by atoms with Crippen molar-refractivity contribution in [3.8, 4) is 11.1 Å². The molecule has 0 spiro atoms. The Morgan fingerprint density at radius 2 is 1.97 bits per heavy atom. The topological polar surface area (TPSA) is 75.9 Å². The van der Waals surface area contributed by atoms with E-state index in [9.17, 15) is 4.79 Å². The first-order valence-corrected chi connectivity index (χ1v) is 10.1. The third-order valence-corrected chi connectivity index (χ3v) is 5.17. The number of benzene rings is 1. The lowest BCUT2D eigenvalue weighted by Gasteiger charge is -2.31. The average molecular weight is 409 g/mol. The molecule has 1 aliphatic heterocycles. The van der Waals surface area contributed by atoms with Crippen LogP contribution in [-0.2, 0) is 17.7 Å². The number of rotatable bonds is 2. The van der Waals surface area contributed by atoms with Gasteiger partial charge in [0, 0.05) is 32.7 Å². The van der Waals surface area contributed by atoms with E-state index in [0.717, 1.165) is 34.6 Å². The molecule has 8 heteroatoms. The molecule has 3 aromatic rings. The van der Waals surface area contributed by atoms with E-state index in [-0.39, 0.29) is 6.09 Å². The van der Waals surface area contributed by atoms with Crippen LogP contribution in [0.15, 0.2) is 24.5 Å². The molecular formula is C22H28N6O2. The summed E-state index contributed by atoms with van der Waals surface area (Å²) in [7, 11) is 3.98. The third-order valence-electron chi connectivity index (χ3n) is 5.17. The van der Waals surface area contributed by atoms with Gasteiger partial charge in [-0.2, -0.15) is 14.6 Å². The molecule has 158 valence electrons. The summed E-state index contributed by atoms with van der Waals surface area (Å²) >= 11 is 0. The van der Waals surface area contributed by atoms with E-state index >= 15 is 0 Å². The normalized spacial score (nSPS) is 14.0. The number of nitrogens with zero attached hydrogens (tertiary/aromatic N) is 6. The summed E-state index contributed by atoms with van der Waals surface area (Å²) in [4.78, 5) is 25.2. The van der Waals surface area contributed by atoms with Gasteiger partial charge < -0.3 is 14.5 Å². The smallest absolute Gasteiger partial charge is 0.410 e. The van der Waals surface area contributed by atoms with E-state index in [1.807, 2.05) is 46.7 Å². The van der Waals surface area contributed by atoms with Crippen LogP contribution < -0.4 is 4.90 Å². The van der Waals surface area contributed by atoms with Crippen LogP contribution in [0.5, 0.6) is 0 Å². The molecule has 1 aromatic carbocycles. The molecule has 2 aromatic heterocycles. The minimum absolute atomic E-state index is 0.269. The summed E-state index contributed by atoms with van der Waals surface area (Å²) in [6.45, 7) is 8.85. The Morgan fingerprint density at radius 3 is 2.67 bits per heavy atom. The number of hydrogen-bond acceptors (Lipinski definition) is 6. The second-order valence-electron chi connectivity index (χ2n) is 8.90. The minimum atomic E-state index is -0.504. The van der Waals surface area contributed by atoms with Gasteiger partial charge in [-0.3, -0.25) is 0 Å². The van der Waals surface area contributed by atoms with E-state index in [0.29, 0.717) is 18.9 Å². The molecule has 0 aliphatic carbocycles. The summed E-state index contributed by atoms with van der Waals surface area (Å²) in [6, 6.07) is 6.44. The van der Waals surface area contributed by atoms with Gasteiger partial charge in [0.1, 0.15) is 17.7 Å². The predicted octanol–water partition coefficient (Wildman–Crippen LogP) is 3.46. The first-order valence-electron chi connectivity index (χ1n) is 10.1. The third kappa shape index (κ3) is 3.69. The molecule has 3 heterocycles. The van der Waals surface area contributed by atoms with Gasteiger partial charge in [0.05, 0.1) is 5.69 Å². The van der Waals surface area contributed by atoms with E-state index in [2.05, 4.69) is 33.3 Å². The molecule has 4 rings (SSSR count). The number of hydrogen-bond donors (Lipinski definition) is 0. The van der Waals surface area contributed by atoms with Crippen molar-refractivity contribution in [2.45, 2.75) is 46.3 Å². The first-order chi connectivity index (χ1) is 14.1. The summed E-state index contributed by atoms with van der Waals surface area (Å²) < 4.78 is 7.33. The zero-order valence-corrected chi connectivity index (χ0v) is 18.4. The molecule has 0 unspecified atom stereocenters. The zero-order valence-electron chi connectivity index (χ0n) is 18.4. The minimum Gasteiger partial charge on any atom is -0.444 e. The molecule has 0 atom stereocenters. The van der Waals surface area contributed by atoms with Gasteiger partial charge in [-0.25, -0.2) is 9.78 Å². The SMILES string of the molecule is Cc1nc2ncnn2c(N(C)C)c1-c1ccc2c(c1)CN(C(=O)OC(C)(C)C)CC2. The molecule has 0 saturated carbocycles. The fourth-order valence-electron chi connectivity index (χ4n) is 3.88. The quantitative estimate of drug-likeness (QED) is 0.646. The van der Waals surface area contributed by atoms with Gasteiger partial charge >= 0.3 is 6.09 Å². The van der Waals surface area contributed by atoms with E-state index in [1.54, 1.807) is 9.42 Å². The van der Waals surface area contributed by atoms with Crippen molar-refractivity contribution in [2.24, 2.45) is 0 Å². The second kappa shape index (κ2) is 7.27. The Bertz CT molecular complexity index is 1110. The molecule has 0 radical (unpaired) electrons. The van der Waals surface area contributed by atoms with Crippen molar-refractivity contribution in [3.05, 3.63) is 41.3 Å². The lowest BCUT2D eigenvalue weighted by molar-refractivity contribution is 0.0224. The van der Waals surface area contributed by atoms with Gasteiger partial charge in [0.25, 0.3) is 5.78 Å². The largest absolute Gasteiger partial charge is 0.444 e. The molecule has 0 saturated heterocycles. The first kappa shape index (κ1) is 20.1. The number of aromatic nitrogens is 4. The van der Waals surface area contributed by atoms with Crippen LogP contribution >= 0.6 is 0 Å². The maximum Gasteiger partial charge on any atom is 0.410 e. The Kier molecular flexibility index (Phi) is 4.88. The Morgan fingerprint density at radius 1 is 1.20 bits per heavy atom. The molecule has 1 amide bonds. The summed E-state index contributed by atoms with van der Waals surface area (Å²) in [5.74, 6) is 1.50. The van der Waals surface area contributed by atoms with E-state index < -0.39 is 5.60 Å². The number of amides is 1. The maximum absolute atomic E-state index is 12.6. The van der Waals surface area contributed by atoms with Crippen LogP contribution in [0.25, 0.3) is 16.9 Å². The fraction of sp³-hybridized carbons (Fsp3) is 0.455. The van der Waals surface area contributed by atoms with E-state index in [4.69, 9.17) is 4.74 Å². The van der Waals surface area contributed by atoms with Crippen LogP contribution in [-0.4, -0.2) is 56.8 Å². The van der Waals surface area contributed by atoms with Crippen LogP contribution in [0, 0.1) is 6.92 Å². The van der Waals surface area contributed by atoms with Gasteiger partial charge in [0.15, 0.2) is 0 Å². The standard InChI is InChI=1S/C22H28N6O2/c1-14-18(19(26(5)6)28-20(25-14)23-13-24-28)16-8-7-15-9-10-27(12-17(15)11-16)21(29)30-22(2,3)4/h7-8,11,13H,9-10,12H2,1-6H3. The number of anilines is 1. The Balaban J connectivity index is 1.74. The Hall–Kier alpha value is -3.16. The number of ether oxygens (including phenoxy) is 1. The van der Waals surface area contributed by atoms with Crippen LogP contribution in [0.2, 0.25) is 0 Å². The van der Waals surface area contributed by atoms with Crippen molar-refractivity contribution < 1.29 is 9.53 Å². The van der Waals surface area contributed by atoms with Gasteiger partial charge in [0.2, 0.25) is 0 Å². The highest BCUT2D eigenvalue weighted by Gasteiger charge is 2.26. The molecule has 0 bridgehead atoms. The van der Waals surface area contributed by atoms with Gasteiger partial charge in [-0.15, -0.1) is 0 Å². The maximum atomic E-state index is 12.6. The van der Waals surface area contributed by atoms with Gasteiger partial charge in [-0.1, -0.05) is 12.1 Å². The highest BCUT2D eigenvalue weighted by atomic mass is 16.6. The number of carbonyl (C=O) groups is 1. The second-order valence-corrected chi connectivity index (χ2v) is 8.90. The average Bonchev–Trinajstić information content (AvgIpc) is 3.12. The van der Waals surface area contributed by atoms with Crippen molar-refractivity contribution in [2.75, 3.05) is 25.5 Å². The summed E-state index contributed by atoms with van der Waals surface area (Å²) in [6.07, 6.45) is 2.06. The number of carbonyl (C=O) groups excluding carboxylic acids is 1. The highest BCUT2D eigenvalue weighted by molar-refractivity contribution is 5.80. The van der Waals surface area contributed by atoms with Crippen LogP contribution in [0.1, 0.15) is 37.6 Å². The fourth-order valence-corrected chi connectivity index (χ4v) is 3.88. The van der Waals surface area contributed by atoms with Crippen molar-refractivity contribution in [3.63, 3.8) is 0 Å². The molecule has 1 aliphatic rings. The molecular weight excluding hydrogens is 380 g/mol. The zero-order chi connectivity index (χ0) is 21.6. The number of fused-ring (bicyclic) bond motifs is 2. The predicted molar refractivity (Wildman–Crippen MR) is 116 cm³/mol.